The van der Waals surface area contributed by atoms with E-state index >= 15 is 0 Å². The number of carbonyl (C=O) groups excluding carboxylic acids is 1. The lowest BCUT2D eigenvalue weighted by Crippen LogP contribution is -2.12. The van der Waals surface area contributed by atoms with Crippen molar-refractivity contribution in [3.8, 4) is 0 Å². The molecule has 0 aliphatic carbocycles. The van der Waals surface area contributed by atoms with Gasteiger partial charge in [0.2, 0.25) is 0 Å². The molecule has 0 unspecified atom stereocenters. The van der Waals surface area contributed by atoms with Crippen molar-refractivity contribution in [3.63, 3.8) is 0 Å². The highest BCUT2D eigenvalue weighted by Crippen LogP contribution is 2.23. The van der Waals surface area contributed by atoms with Gasteiger partial charge in [0.1, 0.15) is 5.82 Å². The highest BCUT2D eigenvalue weighted by atomic mass is 35.5. The van der Waals surface area contributed by atoms with Gasteiger partial charge < -0.3 is 10.6 Å². The maximum Gasteiger partial charge on any atom is 0.255 e. The summed E-state index contributed by atoms with van der Waals surface area (Å²) in [5.74, 6) is 0.435. The van der Waals surface area contributed by atoms with Crippen LogP contribution in [0.15, 0.2) is 49.2 Å². The van der Waals surface area contributed by atoms with E-state index in [0.717, 1.165) is 0 Å². The van der Waals surface area contributed by atoms with Crippen LogP contribution in [0.25, 0.3) is 0 Å². The second-order valence-electron chi connectivity index (χ2n) is 4.18. The fourth-order valence-electron chi connectivity index (χ4n) is 1.59. The minimum atomic E-state index is -0.276. The van der Waals surface area contributed by atoms with Crippen LogP contribution >= 0.6 is 23.2 Å². The van der Waals surface area contributed by atoms with Crippen LogP contribution in [0.4, 0.5) is 11.5 Å². The zero-order valence-electron chi connectivity index (χ0n) is 11.1. The van der Waals surface area contributed by atoms with Gasteiger partial charge in [0.15, 0.2) is 0 Å². The second kappa shape index (κ2) is 7.11. The fraction of sp³-hybridized carbons (Fsp3) is 0.0667. The molecular weight excluding hydrogens is 309 g/mol. The van der Waals surface area contributed by atoms with Crippen molar-refractivity contribution >= 4 is 40.6 Å². The molecule has 0 saturated carbocycles. The second-order valence-corrected chi connectivity index (χ2v) is 5.00. The molecule has 0 bridgehead atoms. The predicted octanol–water partition coefficient (Wildman–Crippen LogP) is 4.24. The Labute approximate surface area is 132 Å². The van der Waals surface area contributed by atoms with E-state index in [0.29, 0.717) is 33.7 Å². The van der Waals surface area contributed by atoms with Crippen LogP contribution in [0.3, 0.4) is 0 Å². The van der Waals surface area contributed by atoms with Gasteiger partial charge in [0, 0.05) is 12.1 Å². The molecular formula is C15H13Cl2N3O. The number of rotatable bonds is 5. The Morgan fingerprint density at radius 1 is 1.24 bits per heavy atom. The van der Waals surface area contributed by atoms with Crippen molar-refractivity contribution < 1.29 is 4.79 Å². The smallest absolute Gasteiger partial charge is 0.255 e. The monoisotopic (exact) mass is 321 g/mol. The first-order valence-electron chi connectivity index (χ1n) is 6.17. The average molecular weight is 322 g/mol. The van der Waals surface area contributed by atoms with E-state index < -0.39 is 0 Å². The lowest BCUT2D eigenvalue weighted by Gasteiger charge is -2.07. The SMILES string of the molecule is C=CCNc1ccc(NC(=O)c2ccc(Cl)c(Cl)c2)cn1. The van der Waals surface area contributed by atoms with Crippen molar-refractivity contribution in [2.75, 3.05) is 17.2 Å². The maximum atomic E-state index is 12.1. The van der Waals surface area contributed by atoms with Gasteiger partial charge in [0.05, 0.1) is 21.9 Å². The largest absolute Gasteiger partial charge is 0.367 e. The number of aromatic nitrogens is 1. The molecule has 0 aliphatic heterocycles. The normalized spacial score (nSPS) is 10.0. The number of halogens is 2. The lowest BCUT2D eigenvalue weighted by molar-refractivity contribution is 0.102. The number of anilines is 2. The van der Waals surface area contributed by atoms with Crippen molar-refractivity contribution in [1.82, 2.24) is 4.98 Å². The molecule has 1 amide bonds. The standard InChI is InChI=1S/C15H13Cl2N3O/c1-2-7-18-14-6-4-11(9-19-14)20-15(21)10-3-5-12(16)13(17)8-10/h2-6,8-9H,1,7H2,(H,18,19)(H,20,21). The Bertz CT molecular complexity index is 656. The lowest BCUT2D eigenvalue weighted by atomic mass is 10.2. The van der Waals surface area contributed by atoms with Crippen LogP contribution in [0.5, 0.6) is 0 Å². The van der Waals surface area contributed by atoms with Crippen LogP contribution in [0, 0.1) is 0 Å². The van der Waals surface area contributed by atoms with Gasteiger partial charge in [-0.15, -0.1) is 6.58 Å². The van der Waals surface area contributed by atoms with Crippen molar-refractivity contribution in [2.24, 2.45) is 0 Å². The van der Waals surface area contributed by atoms with Gasteiger partial charge in [0.25, 0.3) is 5.91 Å². The minimum absolute atomic E-state index is 0.276. The molecule has 0 saturated heterocycles. The van der Waals surface area contributed by atoms with E-state index in [1.807, 2.05) is 0 Å². The van der Waals surface area contributed by atoms with Crippen molar-refractivity contribution in [2.45, 2.75) is 0 Å². The zero-order valence-corrected chi connectivity index (χ0v) is 12.6. The molecule has 6 heteroatoms. The van der Waals surface area contributed by atoms with Gasteiger partial charge in [-0.2, -0.15) is 0 Å². The Balaban J connectivity index is 2.05. The predicted molar refractivity (Wildman–Crippen MR) is 87.3 cm³/mol. The number of amides is 1. The third-order valence-corrected chi connectivity index (χ3v) is 3.37. The van der Waals surface area contributed by atoms with Crippen molar-refractivity contribution in [3.05, 3.63) is 64.8 Å². The molecule has 1 heterocycles. The summed E-state index contributed by atoms with van der Waals surface area (Å²) in [4.78, 5) is 16.2. The maximum absolute atomic E-state index is 12.1. The van der Waals surface area contributed by atoms with Crippen LogP contribution < -0.4 is 10.6 Å². The number of nitrogens with one attached hydrogen (secondary N) is 2. The first-order chi connectivity index (χ1) is 10.1. The van der Waals surface area contributed by atoms with Gasteiger partial charge in [-0.1, -0.05) is 29.3 Å². The number of benzene rings is 1. The van der Waals surface area contributed by atoms with E-state index in [2.05, 4.69) is 22.2 Å². The van der Waals surface area contributed by atoms with Gasteiger partial charge in [-0.3, -0.25) is 4.79 Å². The molecule has 0 atom stereocenters. The molecule has 2 rings (SSSR count). The Hall–Kier alpha value is -2.04. The summed E-state index contributed by atoms with van der Waals surface area (Å²) in [5.41, 5.74) is 1.02. The molecule has 4 nitrogen and oxygen atoms in total. The third kappa shape index (κ3) is 4.21. The van der Waals surface area contributed by atoms with Gasteiger partial charge >= 0.3 is 0 Å². The van der Waals surface area contributed by atoms with Crippen LogP contribution in [0.1, 0.15) is 10.4 Å². The Morgan fingerprint density at radius 2 is 2.05 bits per heavy atom. The highest BCUT2D eigenvalue weighted by Gasteiger charge is 2.08. The van der Waals surface area contributed by atoms with Crippen LogP contribution in [-0.2, 0) is 0 Å². The van der Waals surface area contributed by atoms with Crippen LogP contribution in [-0.4, -0.2) is 17.4 Å². The molecule has 2 N–H and O–H groups in total. The number of hydrogen-bond donors (Lipinski definition) is 2. The van der Waals surface area contributed by atoms with E-state index in [-0.39, 0.29) is 5.91 Å². The first kappa shape index (κ1) is 15.4. The van der Waals surface area contributed by atoms with E-state index in [1.165, 1.54) is 6.07 Å². The third-order valence-electron chi connectivity index (χ3n) is 2.63. The summed E-state index contributed by atoms with van der Waals surface area (Å²) in [7, 11) is 0. The Morgan fingerprint density at radius 3 is 2.67 bits per heavy atom. The topological polar surface area (TPSA) is 54.0 Å². The molecule has 0 radical (unpaired) electrons. The summed E-state index contributed by atoms with van der Waals surface area (Å²) < 4.78 is 0. The average Bonchev–Trinajstić information content (AvgIpc) is 2.49. The highest BCUT2D eigenvalue weighted by molar-refractivity contribution is 6.42. The zero-order chi connectivity index (χ0) is 15.2. The van der Waals surface area contributed by atoms with E-state index in [9.17, 15) is 4.79 Å². The first-order valence-corrected chi connectivity index (χ1v) is 6.93. The van der Waals surface area contributed by atoms with Gasteiger partial charge in [-0.25, -0.2) is 4.98 Å². The number of nitrogens with zero attached hydrogens (tertiary/aromatic N) is 1. The number of hydrogen-bond acceptors (Lipinski definition) is 3. The molecule has 108 valence electrons. The van der Waals surface area contributed by atoms with Gasteiger partial charge in [-0.05, 0) is 30.3 Å². The summed E-state index contributed by atoms with van der Waals surface area (Å²) in [5, 5.41) is 6.53. The molecule has 2 aromatic rings. The fourth-order valence-corrected chi connectivity index (χ4v) is 1.89. The molecule has 0 aliphatic rings. The van der Waals surface area contributed by atoms with Crippen molar-refractivity contribution in [1.29, 1.82) is 0 Å². The summed E-state index contributed by atoms with van der Waals surface area (Å²) in [6.07, 6.45) is 3.31. The Kier molecular flexibility index (Phi) is 5.20. The quantitative estimate of drug-likeness (QED) is 0.810. The molecule has 1 aromatic carbocycles. The van der Waals surface area contributed by atoms with E-state index in [4.69, 9.17) is 23.2 Å². The van der Waals surface area contributed by atoms with E-state index in [1.54, 1.807) is 36.5 Å². The summed E-state index contributed by atoms with van der Waals surface area (Å²) in [6.45, 7) is 4.24. The summed E-state index contributed by atoms with van der Waals surface area (Å²) >= 11 is 11.7. The number of pyridine rings is 1. The summed E-state index contributed by atoms with van der Waals surface area (Å²) in [6, 6.07) is 8.24. The minimum Gasteiger partial charge on any atom is -0.367 e. The molecule has 21 heavy (non-hydrogen) atoms. The molecule has 1 aromatic heterocycles. The van der Waals surface area contributed by atoms with Crippen LogP contribution in [0.2, 0.25) is 10.0 Å². The molecule has 0 spiro atoms. The number of carbonyl (C=O) groups is 1. The molecule has 0 fully saturated rings.